The maximum atomic E-state index is 11.2. The van der Waals surface area contributed by atoms with E-state index in [2.05, 4.69) is 32.9 Å². The van der Waals surface area contributed by atoms with Gasteiger partial charge in [-0.15, -0.1) is 0 Å². The first kappa shape index (κ1) is 19.3. The van der Waals surface area contributed by atoms with Crippen molar-refractivity contribution in [2.75, 3.05) is 6.61 Å². The normalized spacial score (nSPS) is 18.4. The molecule has 0 aromatic heterocycles. The lowest BCUT2D eigenvalue weighted by Gasteiger charge is -2.37. The van der Waals surface area contributed by atoms with Crippen LogP contribution in [0.5, 0.6) is 11.5 Å². The van der Waals surface area contributed by atoms with E-state index in [4.69, 9.17) is 14.2 Å². The Morgan fingerprint density at radius 3 is 2.48 bits per heavy atom. The highest BCUT2D eigenvalue weighted by molar-refractivity contribution is 5.66. The van der Waals surface area contributed by atoms with Crippen LogP contribution in [0.2, 0.25) is 0 Å². The van der Waals surface area contributed by atoms with Gasteiger partial charge in [0.05, 0.1) is 0 Å². The molecule has 0 N–H and O–H groups in total. The number of esters is 1. The Morgan fingerprint density at radius 2 is 1.81 bits per heavy atom. The van der Waals surface area contributed by atoms with E-state index in [9.17, 15) is 4.79 Å². The second kappa shape index (κ2) is 7.63. The van der Waals surface area contributed by atoms with E-state index < -0.39 is 5.60 Å². The molecule has 4 nitrogen and oxygen atoms in total. The van der Waals surface area contributed by atoms with Crippen LogP contribution in [0.3, 0.4) is 0 Å². The summed E-state index contributed by atoms with van der Waals surface area (Å²) in [6.07, 6.45) is 1.68. The predicted molar refractivity (Wildman–Crippen MR) is 105 cm³/mol. The van der Waals surface area contributed by atoms with Crippen LogP contribution in [-0.2, 0) is 22.6 Å². The molecule has 0 amide bonds. The van der Waals surface area contributed by atoms with Crippen LogP contribution < -0.4 is 9.47 Å². The molecule has 1 aliphatic rings. The third-order valence-electron chi connectivity index (χ3n) is 5.37. The number of carbonyl (C=O) groups is 1. The van der Waals surface area contributed by atoms with Crippen LogP contribution in [0.25, 0.3) is 0 Å². The molecule has 27 heavy (non-hydrogen) atoms. The van der Waals surface area contributed by atoms with E-state index in [0.717, 1.165) is 46.6 Å². The first-order valence-corrected chi connectivity index (χ1v) is 9.42. The molecule has 0 saturated carbocycles. The molecule has 0 bridgehead atoms. The third kappa shape index (κ3) is 4.10. The van der Waals surface area contributed by atoms with Crippen molar-refractivity contribution in [3.05, 3.63) is 58.1 Å². The molecule has 2 aromatic carbocycles. The molecule has 0 fully saturated rings. The van der Waals surface area contributed by atoms with Crippen LogP contribution >= 0.6 is 0 Å². The second-order valence-corrected chi connectivity index (χ2v) is 7.62. The molecule has 1 heterocycles. The Labute approximate surface area is 161 Å². The van der Waals surface area contributed by atoms with E-state index in [1.807, 2.05) is 25.1 Å². The fourth-order valence-electron chi connectivity index (χ4n) is 3.58. The van der Waals surface area contributed by atoms with E-state index in [-0.39, 0.29) is 12.6 Å². The fourth-order valence-corrected chi connectivity index (χ4v) is 3.58. The van der Waals surface area contributed by atoms with Gasteiger partial charge in [-0.1, -0.05) is 30.3 Å². The smallest absolute Gasteiger partial charge is 0.302 e. The van der Waals surface area contributed by atoms with Crippen LogP contribution in [-0.4, -0.2) is 18.2 Å². The Hall–Kier alpha value is -2.49. The summed E-state index contributed by atoms with van der Waals surface area (Å²) in [7, 11) is 0. The molecular formula is C23H28O4. The first-order valence-electron chi connectivity index (χ1n) is 9.42. The van der Waals surface area contributed by atoms with Gasteiger partial charge < -0.3 is 14.2 Å². The summed E-state index contributed by atoms with van der Waals surface area (Å²) < 4.78 is 17.8. The molecule has 0 radical (unpaired) electrons. The molecule has 0 spiro atoms. The van der Waals surface area contributed by atoms with Crippen molar-refractivity contribution < 1.29 is 19.0 Å². The number of benzene rings is 2. The molecule has 1 aliphatic heterocycles. The topological polar surface area (TPSA) is 44.8 Å². The zero-order valence-electron chi connectivity index (χ0n) is 16.8. The lowest BCUT2D eigenvalue weighted by molar-refractivity contribution is -0.147. The predicted octanol–water partition coefficient (Wildman–Crippen LogP) is 4.84. The second-order valence-electron chi connectivity index (χ2n) is 7.62. The molecule has 3 rings (SSSR count). The number of rotatable bonds is 5. The lowest BCUT2D eigenvalue weighted by Crippen LogP contribution is -2.42. The number of hydrogen-bond donors (Lipinski definition) is 0. The van der Waals surface area contributed by atoms with E-state index in [1.165, 1.54) is 12.5 Å². The minimum atomic E-state index is -0.491. The summed E-state index contributed by atoms with van der Waals surface area (Å²) in [6, 6.07) is 10.2. The number of hydrogen-bond acceptors (Lipinski definition) is 4. The summed E-state index contributed by atoms with van der Waals surface area (Å²) in [5.41, 5.74) is 5.18. The van der Waals surface area contributed by atoms with Crippen LogP contribution in [0.1, 0.15) is 48.1 Å². The molecule has 2 aromatic rings. The number of fused-ring (bicyclic) bond motifs is 1. The van der Waals surface area contributed by atoms with Gasteiger partial charge in [-0.2, -0.15) is 0 Å². The Bertz CT molecular complexity index is 841. The molecule has 144 valence electrons. The number of ether oxygens (including phenoxy) is 3. The minimum Gasteiger partial charge on any atom is -0.488 e. The number of carbonyl (C=O) groups excluding carboxylic acids is 1. The van der Waals surface area contributed by atoms with Gasteiger partial charge in [0.1, 0.15) is 30.3 Å². The highest BCUT2D eigenvalue weighted by Crippen LogP contribution is 2.44. The minimum absolute atomic E-state index is 0.269. The molecule has 0 saturated heterocycles. The largest absolute Gasteiger partial charge is 0.488 e. The van der Waals surface area contributed by atoms with Crippen molar-refractivity contribution in [2.45, 2.75) is 59.7 Å². The van der Waals surface area contributed by atoms with Crippen molar-refractivity contribution >= 4 is 5.97 Å². The lowest BCUT2D eigenvalue weighted by atomic mass is 9.87. The van der Waals surface area contributed by atoms with Gasteiger partial charge in [0.25, 0.3) is 0 Å². The fraction of sp³-hybridized carbons (Fsp3) is 0.435. The van der Waals surface area contributed by atoms with Gasteiger partial charge >= 0.3 is 5.97 Å². The Kier molecular flexibility index (Phi) is 5.45. The maximum absolute atomic E-state index is 11.2. The summed E-state index contributed by atoms with van der Waals surface area (Å²) in [4.78, 5) is 11.2. The van der Waals surface area contributed by atoms with Crippen LogP contribution in [0, 0.1) is 20.8 Å². The van der Waals surface area contributed by atoms with Crippen molar-refractivity contribution in [1.82, 2.24) is 0 Å². The van der Waals surface area contributed by atoms with Crippen LogP contribution in [0.15, 0.2) is 30.3 Å². The summed E-state index contributed by atoms with van der Waals surface area (Å²) >= 11 is 0. The molecule has 4 heteroatoms. The Morgan fingerprint density at radius 1 is 1.11 bits per heavy atom. The molecule has 0 unspecified atom stereocenters. The quantitative estimate of drug-likeness (QED) is 0.709. The third-order valence-corrected chi connectivity index (χ3v) is 5.37. The SMILES string of the molecule is CC(=O)OC[C@]1(C)CCc2c(C)c(OCc3ccccc3)c(C)c(C)c2O1. The summed E-state index contributed by atoms with van der Waals surface area (Å²) in [6.45, 7) is 10.5. The van der Waals surface area contributed by atoms with E-state index in [0.29, 0.717) is 6.61 Å². The zero-order chi connectivity index (χ0) is 19.6. The molecule has 0 aliphatic carbocycles. The highest BCUT2D eigenvalue weighted by Gasteiger charge is 2.35. The van der Waals surface area contributed by atoms with Gasteiger partial charge in [-0.25, -0.2) is 0 Å². The van der Waals surface area contributed by atoms with Crippen LogP contribution in [0.4, 0.5) is 0 Å². The standard InChI is InChI=1S/C23H28O4/c1-15-16(2)22-20(11-12-23(5,27-22)14-26-18(4)24)17(3)21(15)25-13-19-9-7-6-8-10-19/h6-10H,11-14H2,1-5H3/t23-/m0/s1. The first-order chi connectivity index (χ1) is 12.8. The maximum Gasteiger partial charge on any atom is 0.302 e. The van der Waals surface area contributed by atoms with E-state index in [1.54, 1.807) is 0 Å². The van der Waals surface area contributed by atoms with Gasteiger partial charge in [0.2, 0.25) is 0 Å². The van der Waals surface area contributed by atoms with Crippen molar-refractivity contribution in [1.29, 1.82) is 0 Å². The monoisotopic (exact) mass is 368 g/mol. The highest BCUT2D eigenvalue weighted by atomic mass is 16.6. The van der Waals surface area contributed by atoms with E-state index >= 15 is 0 Å². The van der Waals surface area contributed by atoms with Gasteiger partial charge in [0, 0.05) is 12.5 Å². The zero-order valence-corrected chi connectivity index (χ0v) is 16.8. The van der Waals surface area contributed by atoms with Gasteiger partial charge in [-0.3, -0.25) is 4.79 Å². The molecule has 1 atom stereocenters. The average molecular weight is 368 g/mol. The van der Waals surface area contributed by atoms with Gasteiger partial charge in [-0.05, 0) is 62.8 Å². The Balaban J connectivity index is 1.87. The van der Waals surface area contributed by atoms with Crippen molar-refractivity contribution in [3.8, 4) is 11.5 Å². The summed E-state index contributed by atoms with van der Waals surface area (Å²) in [5.74, 6) is 1.58. The summed E-state index contributed by atoms with van der Waals surface area (Å²) in [5, 5.41) is 0. The average Bonchev–Trinajstić information content (AvgIpc) is 2.65. The molecular weight excluding hydrogens is 340 g/mol. The van der Waals surface area contributed by atoms with Gasteiger partial charge in [0.15, 0.2) is 0 Å². The van der Waals surface area contributed by atoms with Crippen molar-refractivity contribution in [3.63, 3.8) is 0 Å². The van der Waals surface area contributed by atoms with Crippen molar-refractivity contribution in [2.24, 2.45) is 0 Å².